The van der Waals surface area contributed by atoms with Gasteiger partial charge in [0.25, 0.3) is 0 Å². The van der Waals surface area contributed by atoms with Crippen LogP contribution in [0, 0.1) is 0 Å². The first-order valence-corrected chi connectivity index (χ1v) is 10.9. The molecule has 4 rings (SSSR count). The number of rotatable bonds is 6. The number of sulfonamides is 1. The van der Waals surface area contributed by atoms with Crippen molar-refractivity contribution < 1.29 is 13.2 Å². The van der Waals surface area contributed by atoms with E-state index in [1.807, 2.05) is 59.2 Å². The van der Waals surface area contributed by atoms with E-state index in [9.17, 15) is 13.2 Å². The quantitative estimate of drug-likeness (QED) is 0.498. The van der Waals surface area contributed by atoms with Gasteiger partial charge in [0.2, 0.25) is 15.9 Å². The van der Waals surface area contributed by atoms with Gasteiger partial charge in [-0.15, -0.1) is 0 Å². The van der Waals surface area contributed by atoms with Crippen LogP contribution in [0.2, 0.25) is 0 Å². The Morgan fingerprint density at radius 3 is 2.27 bits per heavy atom. The van der Waals surface area contributed by atoms with Gasteiger partial charge >= 0.3 is 0 Å². The minimum Gasteiger partial charge on any atom is -0.331 e. The van der Waals surface area contributed by atoms with Crippen LogP contribution in [0.15, 0.2) is 89.8 Å². The molecule has 0 atom stereocenters. The molecule has 6 nitrogen and oxygen atoms in total. The number of aromatic nitrogens is 1. The fraction of sp³-hybridized carbons (Fsp3) is 0.0870. The van der Waals surface area contributed by atoms with Gasteiger partial charge in [0, 0.05) is 22.3 Å². The first-order valence-electron chi connectivity index (χ1n) is 9.45. The van der Waals surface area contributed by atoms with Crippen LogP contribution in [0.25, 0.3) is 22.2 Å². The van der Waals surface area contributed by atoms with Gasteiger partial charge in [-0.2, -0.15) is 0 Å². The van der Waals surface area contributed by atoms with Crippen molar-refractivity contribution in [2.75, 3.05) is 12.4 Å². The Labute approximate surface area is 175 Å². The van der Waals surface area contributed by atoms with Gasteiger partial charge in [0.1, 0.15) is 6.54 Å². The molecule has 1 aromatic heterocycles. The second kappa shape index (κ2) is 8.14. The van der Waals surface area contributed by atoms with Crippen LogP contribution in [-0.4, -0.2) is 25.9 Å². The van der Waals surface area contributed by atoms with E-state index >= 15 is 0 Å². The second-order valence-corrected chi connectivity index (χ2v) is 8.71. The van der Waals surface area contributed by atoms with Gasteiger partial charge in [0.05, 0.1) is 4.90 Å². The summed E-state index contributed by atoms with van der Waals surface area (Å²) in [6.07, 6.45) is 0. The van der Waals surface area contributed by atoms with Crippen LogP contribution in [0.1, 0.15) is 0 Å². The Balaban J connectivity index is 1.61. The molecule has 0 saturated carbocycles. The lowest BCUT2D eigenvalue weighted by Gasteiger charge is -2.12. The Morgan fingerprint density at radius 1 is 0.900 bits per heavy atom. The van der Waals surface area contributed by atoms with E-state index in [-0.39, 0.29) is 17.3 Å². The maximum Gasteiger partial charge on any atom is 0.244 e. The van der Waals surface area contributed by atoms with Crippen molar-refractivity contribution in [2.45, 2.75) is 11.4 Å². The van der Waals surface area contributed by atoms with E-state index in [0.717, 1.165) is 22.2 Å². The fourth-order valence-electron chi connectivity index (χ4n) is 3.41. The molecule has 152 valence electrons. The number of amides is 1. The van der Waals surface area contributed by atoms with E-state index in [1.165, 1.54) is 19.2 Å². The van der Waals surface area contributed by atoms with Crippen LogP contribution in [0.3, 0.4) is 0 Å². The number of para-hydroxylation sites is 1. The van der Waals surface area contributed by atoms with E-state index in [0.29, 0.717) is 5.69 Å². The summed E-state index contributed by atoms with van der Waals surface area (Å²) in [6, 6.07) is 26.0. The smallest absolute Gasteiger partial charge is 0.244 e. The third-order valence-electron chi connectivity index (χ3n) is 4.90. The standard InChI is InChI=1S/C23H21N3O3S/c1-24-30(28,29)20-13-11-19(12-14-20)25-23(27)16-26-21-10-6-5-9-18(21)15-22(26)17-7-3-2-4-8-17/h2-15,24H,16H2,1H3,(H,25,27). The van der Waals surface area contributed by atoms with Crippen molar-refractivity contribution in [1.29, 1.82) is 0 Å². The molecule has 0 fully saturated rings. The Hall–Kier alpha value is -3.42. The average molecular weight is 420 g/mol. The molecule has 30 heavy (non-hydrogen) atoms. The van der Waals surface area contributed by atoms with Crippen LogP contribution in [0.4, 0.5) is 5.69 Å². The highest BCUT2D eigenvalue weighted by molar-refractivity contribution is 7.89. The molecular weight excluding hydrogens is 398 g/mol. The Kier molecular flexibility index (Phi) is 5.39. The number of hydrogen-bond acceptors (Lipinski definition) is 3. The summed E-state index contributed by atoms with van der Waals surface area (Å²) < 4.78 is 27.9. The lowest BCUT2D eigenvalue weighted by atomic mass is 10.1. The molecule has 0 aliphatic carbocycles. The Bertz CT molecular complexity index is 1290. The van der Waals surface area contributed by atoms with E-state index in [4.69, 9.17) is 0 Å². The molecular formula is C23H21N3O3S. The monoisotopic (exact) mass is 419 g/mol. The van der Waals surface area contributed by atoms with Crippen molar-refractivity contribution in [1.82, 2.24) is 9.29 Å². The maximum atomic E-state index is 12.8. The number of anilines is 1. The molecule has 1 amide bonds. The van der Waals surface area contributed by atoms with Crippen LogP contribution in [-0.2, 0) is 21.4 Å². The number of carbonyl (C=O) groups excluding carboxylic acids is 1. The predicted molar refractivity (Wildman–Crippen MR) is 119 cm³/mol. The first-order chi connectivity index (χ1) is 14.5. The van der Waals surface area contributed by atoms with Gasteiger partial charge in [-0.05, 0) is 49.0 Å². The van der Waals surface area contributed by atoms with E-state index < -0.39 is 10.0 Å². The topological polar surface area (TPSA) is 80.2 Å². The van der Waals surface area contributed by atoms with Gasteiger partial charge in [-0.3, -0.25) is 4.79 Å². The van der Waals surface area contributed by atoms with Crippen molar-refractivity contribution in [3.05, 3.63) is 84.9 Å². The number of nitrogens with one attached hydrogen (secondary N) is 2. The zero-order chi connectivity index (χ0) is 21.1. The minimum absolute atomic E-state index is 0.133. The van der Waals surface area contributed by atoms with Gasteiger partial charge in [-0.1, -0.05) is 48.5 Å². The summed E-state index contributed by atoms with van der Waals surface area (Å²) in [6.45, 7) is 0.133. The molecule has 0 aliphatic rings. The molecule has 0 saturated heterocycles. The summed E-state index contributed by atoms with van der Waals surface area (Å²) in [5.74, 6) is -0.197. The number of hydrogen-bond donors (Lipinski definition) is 2. The second-order valence-electron chi connectivity index (χ2n) is 6.82. The molecule has 0 spiro atoms. The third kappa shape index (κ3) is 3.98. The molecule has 0 aliphatic heterocycles. The zero-order valence-corrected chi connectivity index (χ0v) is 17.2. The molecule has 0 radical (unpaired) electrons. The lowest BCUT2D eigenvalue weighted by Crippen LogP contribution is -2.20. The van der Waals surface area contributed by atoms with Crippen molar-refractivity contribution >= 4 is 32.5 Å². The largest absolute Gasteiger partial charge is 0.331 e. The Morgan fingerprint density at radius 2 is 1.57 bits per heavy atom. The highest BCUT2D eigenvalue weighted by atomic mass is 32.2. The first kappa shape index (κ1) is 19.9. The molecule has 7 heteroatoms. The molecule has 2 N–H and O–H groups in total. The number of benzene rings is 3. The highest BCUT2D eigenvalue weighted by Crippen LogP contribution is 2.28. The maximum absolute atomic E-state index is 12.8. The summed E-state index contributed by atoms with van der Waals surface area (Å²) in [7, 11) is -2.15. The van der Waals surface area contributed by atoms with Crippen LogP contribution >= 0.6 is 0 Å². The molecule has 0 bridgehead atoms. The van der Waals surface area contributed by atoms with Crippen molar-refractivity contribution in [2.24, 2.45) is 0 Å². The number of nitrogens with zero attached hydrogens (tertiary/aromatic N) is 1. The summed E-state index contributed by atoms with van der Waals surface area (Å²) >= 11 is 0. The number of carbonyl (C=O) groups is 1. The van der Waals surface area contributed by atoms with E-state index in [2.05, 4.69) is 16.1 Å². The van der Waals surface area contributed by atoms with Crippen molar-refractivity contribution in [3.8, 4) is 11.3 Å². The summed E-state index contributed by atoms with van der Waals surface area (Å²) in [5, 5.41) is 3.91. The molecule has 1 heterocycles. The highest BCUT2D eigenvalue weighted by Gasteiger charge is 2.14. The number of fused-ring (bicyclic) bond motifs is 1. The van der Waals surface area contributed by atoms with Gasteiger partial charge < -0.3 is 9.88 Å². The van der Waals surface area contributed by atoms with E-state index in [1.54, 1.807) is 12.1 Å². The fourth-order valence-corrected chi connectivity index (χ4v) is 4.14. The minimum atomic E-state index is -3.51. The van der Waals surface area contributed by atoms with Crippen LogP contribution in [0.5, 0.6) is 0 Å². The lowest BCUT2D eigenvalue weighted by molar-refractivity contribution is -0.116. The third-order valence-corrected chi connectivity index (χ3v) is 6.33. The SMILES string of the molecule is CNS(=O)(=O)c1ccc(NC(=O)Cn2c(-c3ccccc3)cc3ccccc32)cc1. The molecule has 4 aromatic rings. The zero-order valence-electron chi connectivity index (χ0n) is 16.4. The van der Waals surface area contributed by atoms with Gasteiger partial charge in [-0.25, -0.2) is 13.1 Å². The predicted octanol–water partition coefficient (Wildman–Crippen LogP) is 3.86. The molecule has 0 unspecified atom stereocenters. The summed E-state index contributed by atoms with van der Waals surface area (Å²) in [4.78, 5) is 12.9. The van der Waals surface area contributed by atoms with Crippen molar-refractivity contribution in [3.63, 3.8) is 0 Å². The summed E-state index contributed by atoms with van der Waals surface area (Å²) in [5.41, 5.74) is 3.50. The van der Waals surface area contributed by atoms with Gasteiger partial charge in [0.15, 0.2) is 0 Å². The average Bonchev–Trinajstić information content (AvgIpc) is 3.13. The molecule has 3 aromatic carbocycles. The normalized spacial score (nSPS) is 11.5. The van der Waals surface area contributed by atoms with Crippen LogP contribution < -0.4 is 10.0 Å².